The van der Waals surface area contributed by atoms with Gasteiger partial charge in [0.2, 0.25) is 11.7 Å². The maximum atomic E-state index is 5.67. The minimum absolute atomic E-state index is 0.176. The van der Waals surface area contributed by atoms with E-state index in [1.54, 1.807) is 7.11 Å². The van der Waals surface area contributed by atoms with E-state index in [4.69, 9.17) is 18.7 Å². The molecule has 27 heavy (non-hydrogen) atoms. The van der Waals surface area contributed by atoms with Gasteiger partial charge in [-0.3, -0.25) is 0 Å². The van der Waals surface area contributed by atoms with Gasteiger partial charge in [-0.25, -0.2) is 4.98 Å². The fraction of sp³-hybridized carbons (Fsp3) is 0.286. The molecule has 1 fully saturated rings. The molecule has 0 unspecified atom stereocenters. The van der Waals surface area contributed by atoms with Crippen molar-refractivity contribution in [1.82, 2.24) is 15.1 Å². The molecule has 0 amide bonds. The van der Waals surface area contributed by atoms with E-state index in [0.717, 1.165) is 47.6 Å². The van der Waals surface area contributed by atoms with Crippen molar-refractivity contribution >= 4 is 11.1 Å². The molecule has 2 heterocycles. The van der Waals surface area contributed by atoms with Gasteiger partial charge in [-0.15, -0.1) is 0 Å². The Hall–Kier alpha value is -3.15. The molecular formula is C21H19N3O3. The van der Waals surface area contributed by atoms with Crippen molar-refractivity contribution in [2.75, 3.05) is 7.11 Å². The molecule has 5 rings (SSSR count). The summed E-state index contributed by atoms with van der Waals surface area (Å²) < 4.78 is 16.6. The van der Waals surface area contributed by atoms with E-state index in [-0.39, 0.29) is 5.41 Å². The zero-order valence-electron chi connectivity index (χ0n) is 15.2. The third-order valence-electron chi connectivity index (χ3n) is 5.22. The predicted molar refractivity (Wildman–Crippen MR) is 99.7 cm³/mol. The van der Waals surface area contributed by atoms with Crippen LogP contribution in [0.4, 0.5) is 0 Å². The third kappa shape index (κ3) is 2.60. The Labute approximate surface area is 156 Å². The van der Waals surface area contributed by atoms with Crippen LogP contribution in [0.15, 0.2) is 51.4 Å². The maximum absolute atomic E-state index is 5.67. The van der Waals surface area contributed by atoms with Gasteiger partial charge in [0.1, 0.15) is 11.3 Å². The number of hydrogen-bond acceptors (Lipinski definition) is 6. The average molecular weight is 361 g/mol. The first kappa shape index (κ1) is 16.1. The number of hydrogen-bond donors (Lipinski definition) is 0. The second-order valence-corrected chi connectivity index (χ2v) is 6.88. The van der Waals surface area contributed by atoms with Crippen LogP contribution in [-0.4, -0.2) is 22.2 Å². The maximum Gasteiger partial charge on any atom is 0.237 e. The fourth-order valence-electron chi connectivity index (χ4n) is 3.46. The van der Waals surface area contributed by atoms with Crippen molar-refractivity contribution in [2.45, 2.75) is 31.6 Å². The van der Waals surface area contributed by atoms with Gasteiger partial charge in [0, 0.05) is 12.0 Å². The second-order valence-electron chi connectivity index (χ2n) is 6.88. The number of aryl methyl sites for hydroxylation is 1. The summed E-state index contributed by atoms with van der Waals surface area (Å²) in [5, 5.41) is 4.22. The first-order valence-corrected chi connectivity index (χ1v) is 9.10. The summed E-state index contributed by atoms with van der Waals surface area (Å²) in [5.74, 6) is 2.81. The standard InChI is InChI=1S/C21H19N3O3/c1-3-18-22-16-12-13(4-9-17(16)26-18)19-23-20(27-24-19)21(10-11-21)14-5-7-15(25-2)8-6-14/h4-9,12H,3,10-11H2,1-2H3. The molecule has 0 spiro atoms. The molecular weight excluding hydrogens is 342 g/mol. The summed E-state index contributed by atoms with van der Waals surface area (Å²) in [5.41, 5.74) is 3.46. The average Bonchev–Trinajstić information content (AvgIpc) is 3.18. The van der Waals surface area contributed by atoms with Crippen molar-refractivity contribution in [3.8, 4) is 17.1 Å². The van der Waals surface area contributed by atoms with Gasteiger partial charge < -0.3 is 13.7 Å². The lowest BCUT2D eigenvalue weighted by molar-refractivity contribution is 0.360. The minimum atomic E-state index is -0.176. The quantitative estimate of drug-likeness (QED) is 0.520. The molecule has 6 nitrogen and oxygen atoms in total. The number of aromatic nitrogens is 3. The zero-order valence-corrected chi connectivity index (χ0v) is 15.2. The first-order chi connectivity index (χ1) is 13.2. The Balaban J connectivity index is 1.48. The number of fused-ring (bicyclic) bond motifs is 1. The number of methoxy groups -OCH3 is 1. The van der Waals surface area contributed by atoms with Crippen LogP contribution in [0.3, 0.4) is 0 Å². The highest BCUT2D eigenvalue weighted by molar-refractivity contribution is 5.78. The predicted octanol–water partition coefficient (Wildman–Crippen LogP) is 4.53. The van der Waals surface area contributed by atoms with E-state index >= 15 is 0 Å². The van der Waals surface area contributed by atoms with Crippen molar-refractivity contribution in [1.29, 1.82) is 0 Å². The Kier molecular flexibility index (Phi) is 3.53. The van der Waals surface area contributed by atoms with E-state index in [0.29, 0.717) is 11.7 Å². The summed E-state index contributed by atoms with van der Waals surface area (Å²) in [6, 6.07) is 13.9. The summed E-state index contributed by atoms with van der Waals surface area (Å²) >= 11 is 0. The molecule has 0 bridgehead atoms. The highest BCUT2D eigenvalue weighted by Gasteiger charge is 2.51. The lowest BCUT2D eigenvalue weighted by Crippen LogP contribution is -2.09. The van der Waals surface area contributed by atoms with Crippen LogP contribution >= 0.6 is 0 Å². The Morgan fingerprint density at radius 3 is 2.59 bits per heavy atom. The van der Waals surface area contributed by atoms with E-state index in [9.17, 15) is 0 Å². The summed E-state index contributed by atoms with van der Waals surface area (Å²) in [6.07, 6.45) is 2.77. The van der Waals surface area contributed by atoms with Crippen molar-refractivity contribution in [3.63, 3.8) is 0 Å². The number of ether oxygens (including phenoxy) is 1. The summed E-state index contributed by atoms with van der Waals surface area (Å²) in [4.78, 5) is 9.18. The molecule has 136 valence electrons. The molecule has 2 aromatic carbocycles. The van der Waals surface area contributed by atoms with E-state index in [1.165, 1.54) is 5.56 Å². The van der Waals surface area contributed by atoms with Gasteiger partial charge in [0.15, 0.2) is 11.5 Å². The highest BCUT2D eigenvalue weighted by atomic mass is 16.5. The number of oxazole rings is 1. The smallest absolute Gasteiger partial charge is 0.237 e. The normalized spacial score (nSPS) is 15.2. The topological polar surface area (TPSA) is 74.2 Å². The van der Waals surface area contributed by atoms with Crippen LogP contribution in [0.25, 0.3) is 22.5 Å². The van der Waals surface area contributed by atoms with Gasteiger partial charge in [-0.1, -0.05) is 24.2 Å². The lowest BCUT2D eigenvalue weighted by Gasteiger charge is -2.11. The van der Waals surface area contributed by atoms with Crippen LogP contribution < -0.4 is 4.74 Å². The minimum Gasteiger partial charge on any atom is -0.497 e. The third-order valence-corrected chi connectivity index (χ3v) is 5.22. The number of rotatable bonds is 5. The van der Waals surface area contributed by atoms with Crippen molar-refractivity contribution < 1.29 is 13.7 Å². The first-order valence-electron chi connectivity index (χ1n) is 9.10. The highest BCUT2D eigenvalue weighted by Crippen LogP contribution is 2.53. The molecule has 0 saturated heterocycles. The number of nitrogens with zero attached hydrogens (tertiary/aromatic N) is 3. The van der Waals surface area contributed by atoms with Gasteiger partial charge in [-0.05, 0) is 48.7 Å². The summed E-state index contributed by atoms with van der Waals surface area (Å²) in [6.45, 7) is 2.02. The largest absolute Gasteiger partial charge is 0.497 e. The van der Waals surface area contributed by atoms with E-state index in [2.05, 4.69) is 22.3 Å². The molecule has 6 heteroatoms. The van der Waals surface area contributed by atoms with Crippen LogP contribution in [0.2, 0.25) is 0 Å². The van der Waals surface area contributed by atoms with Gasteiger partial charge in [0.25, 0.3) is 0 Å². The van der Waals surface area contributed by atoms with Crippen LogP contribution in [0.5, 0.6) is 5.75 Å². The molecule has 2 aromatic heterocycles. The van der Waals surface area contributed by atoms with Gasteiger partial charge >= 0.3 is 0 Å². The van der Waals surface area contributed by atoms with Gasteiger partial charge in [-0.2, -0.15) is 4.98 Å². The van der Waals surface area contributed by atoms with Crippen molar-refractivity contribution in [2.24, 2.45) is 0 Å². The van der Waals surface area contributed by atoms with E-state index in [1.807, 2.05) is 37.3 Å². The molecule has 1 saturated carbocycles. The summed E-state index contributed by atoms with van der Waals surface area (Å²) in [7, 11) is 1.67. The SMILES string of the molecule is CCc1nc2cc(-c3noc(C4(c5ccc(OC)cc5)CC4)n3)ccc2o1. The Bertz CT molecular complexity index is 1110. The van der Waals surface area contributed by atoms with Gasteiger partial charge in [0.05, 0.1) is 12.5 Å². The molecule has 0 radical (unpaired) electrons. The molecule has 4 aromatic rings. The second kappa shape index (κ2) is 5.94. The molecule has 0 aliphatic heterocycles. The molecule has 0 N–H and O–H groups in total. The molecule has 0 atom stereocenters. The molecule has 1 aliphatic carbocycles. The monoisotopic (exact) mass is 361 g/mol. The lowest BCUT2D eigenvalue weighted by atomic mass is 9.96. The molecule has 1 aliphatic rings. The van der Waals surface area contributed by atoms with Crippen LogP contribution in [0, 0.1) is 0 Å². The number of benzene rings is 2. The van der Waals surface area contributed by atoms with E-state index < -0.39 is 0 Å². The Morgan fingerprint density at radius 2 is 1.89 bits per heavy atom. The van der Waals surface area contributed by atoms with Crippen LogP contribution in [0.1, 0.15) is 37.1 Å². The zero-order chi connectivity index (χ0) is 18.4. The van der Waals surface area contributed by atoms with Crippen LogP contribution in [-0.2, 0) is 11.8 Å². The Morgan fingerprint density at radius 1 is 1.07 bits per heavy atom. The van der Waals surface area contributed by atoms with Crippen molar-refractivity contribution in [3.05, 3.63) is 59.8 Å². The fourth-order valence-corrected chi connectivity index (χ4v) is 3.46.